The average molecular weight is 222 g/mol. The van der Waals surface area contributed by atoms with Gasteiger partial charge in [0.2, 0.25) is 11.9 Å². The molecule has 2 aromatic rings. The minimum absolute atomic E-state index is 0.0809. The highest BCUT2D eigenvalue weighted by Crippen LogP contribution is 2.24. The summed E-state index contributed by atoms with van der Waals surface area (Å²) in [6, 6.07) is 7.18. The van der Waals surface area contributed by atoms with Crippen LogP contribution in [0.15, 0.2) is 24.3 Å². The quantitative estimate of drug-likeness (QED) is 0.759. The molecule has 0 spiro atoms. The fourth-order valence-electron chi connectivity index (χ4n) is 1.17. The molecule has 0 aliphatic rings. The fraction of sp³-hybridized carbons (Fsp3) is 0. The first-order valence-corrected chi connectivity index (χ1v) is 4.56. The van der Waals surface area contributed by atoms with Gasteiger partial charge in [0, 0.05) is 5.56 Å². The van der Waals surface area contributed by atoms with Gasteiger partial charge in [-0.1, -0.05) is 23.7 Å². The molecule has 15 heavy (non-hydrogen) atoms. The maximum atomic E-state index is 5.98. The monoisotopic (exact) mass is 221 g/mol. The zero-order valence-electron chi connectivity index (χ0n) is 7.68. The topological polar surface area (TPSA) is 90.7 Å². The number of hydrogen-bond donors (Lipinski definition) is 2. The van der Waals surface area contributed by atoms with Crippen LogP contribution < -0.4 is 11.5 Å². The highest BCUT2D eigenvalue weighted by Gasteiger charge is 2.07. The smallest absolute Gasteiger partial charge is 0.225 e. The molecule has 1 aromatic carbocycles. The van der Waals surface area contributed by atoms with E-state index in [4.69, 9.17) is 23.1 Å². The minimum Gasteiger partial charge on any atom is -0.368 e. The van der Waals surface area contributed by atoms with Crippen molar-refractivity contribution < 1.29 is 0 Å². The van der Waals surface area contributed by atoms with Crippen LogP contribution in [0.2, 0.25) is 5.02 Å². The van der Waals surface area contributed by atoms with Crippen molar-refractivity contribution in [3.05, 3.63) is 29.3 Å². The molecule has 4 N–H and O–H groups in total. The number of aromatic nitrogens is 3. The molecule has 0 saturated heterocycles. The minimum atomic E-state index is 0.0809. The van der Waals surface area contributed by atoms with Crippen molar-refractivity contribution in [3.63, 3.8) is 0 Å². The fourth-order valence-corrected chi connectivity index (χ4v) is 1.39. The molecule has 0 atom stereocenters. The number of anilines is 2. The van der Waals surface area contributed by atoms with Crippen molar-refractivity contribution in [2.24, 2.45) is 0 Å². The molecule has 0 fully saturated rings. The van der Waals surface area contributed by atoms with Gasteiger partial charge in [-0.2, -0.15) is 15.0 Å². The Morgan fingerprint density at radius 2 is 1.53 bits per heavy atom. The molecule has 1 heterocycles. The van der Waals surface area contributed by atoms with E-state index in [1.165, 1.54) is 0 Å². The SMILES string of the molecule is Nc1nc(N)nc(-c2ccccc2Cl)n1. The third kappa shape index (κ3) is 1.97. The summed E-state index contributed by atoms with van der Waals surface area (Å²) < 4.78 is 0. The first kappa shape index (κ1) is 9.67. The van der Waals surface area contributed by atoms with Crippen molar-refractivity contribution in [2.75, 3.05) is 11.5 Å². The van der Waals surface area contributed by atoms with Crippen LogP contribution in [0.1, 0.15) is 0 Å². The Kier molecular flexibility index (Phi) is 2.39. The summed E-state index contributed by atoms with van der Waals surface area (Å²) in [6.07, 6.45) is 0. The van der Waals surface area contributed by atoms with Crippen molar-refractivity contribution in [2.45, 2.75) is 0 Å². The van der Waals surface area contributed by atoms with E-state index < -0.39 is 0 Å². The largest absolute Gasteiger partial charge is 0.368 e. The van der Waals surface area contributed by atoms with Crippen molar-refractivity contribution >= 4 is 23.5 Å². The second-order valence-electron chi connectivity index (χ2n) is 2.86. The van der Waals surface area contributed by atoms with Crippen LogP contribution in [-0.4, -0.2) is 15.0 Å². The molecule has 2 rings (SSSR count). The third-order valence-electron chi connectivity index (χ3n) is 1.78. The van der Waals surface area contributed by atoms with Gasteiger partial charge in [0.25, 0.3) is 0 Å². The zero-order chi connectivity index (χ0) is 10.8. The summed E-state index contributed by atoms with van der Waals surface area (Å²) >= 11 is 5.98. The summed E-state index contributed by atoms with van der Waals surface area (Å²) in [5, 5.41) is 0.544. The Hall–Kier alpha value is -1.88. The Balaban J connectivity index is 2.59. The highest BCUT2D eigenvalue weighted by molar-refractivity contribution is 6.33. The maximum Gasteiger partial charge on any atom is 0.225 e. The van der Waals surface area contributed by atoms with E-state index in [-0.39, 0.29) is 11.9 Å². The van der Waals surface area contributed by atoms with Crippen molar-refractivity contribution in [3.8, 4) is 11.4 Å². The summed E-state index contributed by atoms with van der Waals surface area (Å²) in [7, 11) is 0. The molecule has 6 heteroatoms. The molecule has 0 saturated carbocycles. The van der Waals surface area contributed by atoms with Crippen LogP contribution in [0, 0.1) is 0 Å². The summed E-state index contributed by atoms with van der Waals surface area (Å²) in [4.78, 5) is 11.6. The summed E-state index contributed by atoms with van der Waals surface area (Å²) in [5.41, 5.74) is 11.6. The molecule has 0 unspecified atom stereocenters. The molecule has 0 bridgehead atoms. The predicted octanol–water partition coefficient (Wildman–Crippen LogP) is 1.36. The van der Waals surface area contributed by atoms with Crippen LogP contribution in [0.4, 0.5) is 11.9 Å². The van der Waals surface area contributed by atoms with E-state index in [1.807, 2.05) is 12.1 Å². The van der Waals surface area contributed by atoms with Crippen LogP contribution in [0.5, 0.6) is 0 Å². The average Bonchev–Trinajstić information content (AvgIpc) is 2.16. The predicted molar refractivity (Wildman–Crippen MR) is 59.1 cm³/mol. The van der Waals surface area contributed by atoms with Gasteiger partial charge in [-0.15, -0.1) is 0 Å². The lowest BCUT2D eigenvalue weighted by Gasteiger charge is -2.03. The van der Waals surface area contributed by atoms with Gasteiger partial charge in [0.1, 0.15) is 0 Å². The second kappa shape index (κ2) is 3.70. The molecule has 0 radical (unpaired) electrons. The number of hydrogen-bond acceptors (Lipinski definition) is 5. The Morgan fingerprint density at radius 3 is 2.13 bits per heavy atom. The van der Waals surface area contributed by atoms with E-state index in [9.17, 15) is 0 Å². The zero-order valence-corrected chi connectivity index (χ0v) is 8.44. The van der Waals surface area contributed by atoms with E-state index in [0.717, 1.165) is 0 Å². The summed E-state index contributed by atoms with van der Waals surface area (Å²) in [6.45, 7) is 0. The summed E-state index contributed by atoms with van der Waals surface area (Å²) in [5.74, 6) is 0.542. The molecule has 0 amide bonds. The molecule has 76 valence electrons. The lowest BCUT2D eigenvalue weighted by molar-refractivity contribution is 1.09. The van der Waals surface area contributed by atoms with Crippen LogP contribution in [0.25, 0.3) is 11.4 Å². The maximum absolute atomic E-state index is 5.98. The Labute approximate surface area is 91.1 Å². The Morgan fingerprint density at radius 1 is 0.933 bits per heavy atom. The first-order valence-electron chi connectivity index (χ1n) is 4.19. The lowest BCUT2D eigenvalue weighted by atomic mass is 10.2. The highest BCUT2D eigenvalue weighted by atomic mass is 35.5. The van der Waals surface area contributed by atoms with E-state index in [0.29, 0.717) is 16.4 Å². The van der Waals surface area contributed by atoms with Gasteiger partial charge in [-0.05, 0) is 12.1 Å². The standard InChI is InChI=1S/C9H8ClN5/c10-6-4-2-1-3-5(6)7-13-8(11)15-9(12)14-7/h1-4H,(H4,11,12,13,14,15). The van der Waals surface area contributed by atoms with Crippen molar-refractivity contribution in [1.82, 2.24) is 15.0 Å². The first-order chi connectivity index (χ1) is 7.16. The molecule has 0 aliphatic carbocycles. The van der Waals surface area contributed by atoms with Gasteiger partial charge >= 0.3 is 0 Å². The normalized spacial score (nSPS) is 10.2. The number of rotatable bonds is 1. The van der Waals surface area contributed by atoms with Crippen molar-refractivity contribution in [1.29, 1.82) is 0 Å². The van der Waals surface area contributed by atoms with Crippen LogP contribution in [0.3, 0.4) is 0 Å². The number of nitrogens with zero attached hydrogens (tertiary/aromatic N) is 3. The van der Waals surface area contributed by atoms with Gasteiger partial charge in [-0.25, -0.2) is 0 Å². The molecule has 0 aliphatic heterocycles. The lowest BCUT2D eigenvalue weighted by Crippen LogP contribution is -2.04. The number of benzene rings is 1. The number of nitrogen functional groups attached to an aromatic ring is 2. The van der Waals surface area contributed by atoms with Gasteiger partial charge in [0.15, 0.2) is 5.82 Å². The van der Waals surface area contributed by atoms with Gasteiger partial charge in [-0.3, -0.25) is 0 Å². The molecule has 1 aromatic heterocycles. The van der Waals surface area contributed by atoms with E-state index >= 15 is 0 Å². The van der Waals surface area contributed by atoms with E-state index in [2.05, 4.69) is 15.0 Å². The van der Waals surface area contributed by atoms with E-state index in [1.54, 1.807) is 12.1 Å². The molecular formula is C9H8ClN5. The number of halogens is 1. The van der Waals surface area contributed by atoms with Gasteiger partial charge < -0.3 is 11.5 Å². The Bertz CT molecular complexity index is 479. The number of nitrogens with two attached hydrogens (primary N) is 2. The second-order valence-corrected chi connectivity index (χ2v) is 3.26. The molecular weight excluding hydrogens is 214 g/mol. The van der Waals surface area contributed by atoms with Crippen LogP contribution in [-0.2, 0) is 0 Å². The molecule has 5 nitrogen and oxygen atoms in total. The van der Waals surface area contributed by atoms with Gasteiger partial charge in [0.05, 0.1) is 5.02 Å². The van der Waals surface area contributed by atoms with Crippen LogP contribution >= 0.6 is 11.6 Å². The third-order valence-corrected chi connectivity index (χ3v) is 2.11.